The van der Waals surface area contributed by atoms with Crippen molar-refractivity contribution in [3.05, 3.63) is 40.1 Å². The van der Waals surface area contributed by atoms with Gasteiger partial charge in [-0.15, -0.1) is 11.3 Å². The van der Waals surface area contributed by atoms with Crippen molar-refractivity contribution in [3.63, 3.8) is 0 Å². The van der Waals surface area contributed by atoms with Gasteiger partial charge in [-0.2, -0.15) is 0 Å². The summed E-state index contributed by atoms with van der Waals surface area (Å²) in [7, 11) is 0. The maximum absolute atomic E-state index is 13.1. The van der Waals surface area contributed by atoms with Crippen LogP contribution in [0.4, 0.5) is 4.39 Å². The van der Waals surface area contributed by atoms with Crippen molar-refractivity contribution in [1.29, 1.82) is 0 Å². The van der Waals surface area contributed by atoms with Gasteiger partial charge in [0.15, 0.2) is 0 Å². The Hall–Kier alpha value is -0.970. The van der Waals surface area contributed by atoms with Crippen LogP contribution in [0.15, 0.2) is 23.6 Å². The Labute approximate surface area is 114 Å². The van der Waals surface area contributed by atoms with Crippen molar-refractivity contribution >= 4 is 22.9 Å². The molecule has 1 atom stereocenters. The first-order chi connectivity index (χ1) is 8.74. The molecule has 2 aromatic rings. The van der Waals surface area contributed by atoms with Gasteiger partial charge in [-0.3, -0.25) is 0 Å². The summed E-state index contributed by atoms with van der Waals surface area (Å²) in [5.41, 5.74) is 1.95. The van der Waals surface area contributed by atoms with E-state index in [1.807, 2.05) is 0 Å². The molecule has 1 aliphatic rings. The molecule has 0 amide bonds. The van der Waals surface area contributed by atoms with E-state index in [4.69, 9.17) is 11.6 Å². The van der Waals surface area contributed by atoms with Gasteiger partial charge in [0.25, 0.3) is 0 Å². The van der Waals surface area contributed by atoms with Crippen LogP contribution in [0.1, 0.15) is 24.6 Å². The molecule has 0 spiro atoms. The first-order valence-electron chi connectivity index (χ1n) is 5.88. The molecule has 1 aromatic heterocycles. The molecule has 1 saturated heterocycles. The number of hydrogen-bond acceptors (Lipinski definition) is 3. The third-order valence-corrected chi connectivity index (χ3v) is 4.31. The van der Waals surface area contributed by atoms with Crippen LogP contribution in [0.2, 0.25) is 5.02 Å². The van der Waals surface area contributed by atoms with E-state index in [1.165, 1.54) is 12.5 Å². The summed E-state index contributed by atoms with van der Waals surface area (Å²) in [4.78, 5) is 4.61. The predicted molar refractivity (Wildman–Crippen MR) is 72.5 cm³/mol. The van der Waals surface area contributed by atoms with Crippen LogP contribution in [0.5, 0.6) is 0 Å². The summed E-state index contributed by atoms with van der Waals surface area (Å²) in [5.74, 6) is -0.394. The minimum Gasteiger partial charge on any atom is -0.309 e. The van der Waals surface area contributed by atoms with Crippen LogP contribution < -0.4 is 5.32 Å². The second-order valence-corrected chi connectivity index (χ2v) is 5.62. The number of benzene rings is 1. The molecule has 2 heterocycles. The van der Waals surface area contributed by atoms with Crippen molar-refractivity contribution in [2.45, 2.75) is 18.9 Å². The predicted octanol–water partition coefficient (Wildman–Crippen LogP) is 4.03. The summed E-state index contributed by atoms with van der Waals surface area (Å²) in [6.45, 7) is 1.06. The standard InChI is InChI=1S/C13H12ClFN2S/c14-9-6-8(3-4-10(9)15)13-17-12(7-18-13)11-2-1-5-16-11/h3-4,6-7,11,16H,1-2,5H2. The van der Waals surface area contributed by atoms with Gasteiger partial charge in [0.2, 0.25) is 0 Å². The van der Waals surface area contributed by atoms with E-state index in [1.54, 1.807) is 23.5 Å². The normalized spacial score (nSPS) is 19.3. The topological polar surface area (TPSA) is 24.9 Å². The highest BCUT2D eigenvalue weighted by Gasteiger charge is 2.19. The quantitative estimate of drug-likeness (QED) is 0.900. The summed E-state index contributed by atoms with van der Waals surface area (Å²) in [6, 6.07) is 5.09. The Kier molecular flexibility index (Phi) is 3.33. The van der Waals surface area contributed by atoms with Crippen molar-refractivity contribution in [2.75, 3.05) is 6.54 Å². The summed E-state index contributed by atoms with van der Waals surface area (Å²) in [6.07, 6.45) is 2.33. The van der Waals surface area contributed by atoms with Gasteiger partial charge in [-0.1, -0.05) is 11.6 Å². The molecular formula is C13H12ClFN2S. The van der Waals surface area contributed by atoms with Crippen molar-refractivity contribution in [3.8, 4) is 10.6 Å². The van der Waals surface area contributed by atoms with E-state index >= 15 is 0 Å². The van der Waals surface area contributed by atoms with Crippen molar-refractivity contribution < 1.29 is 4.39 Å². The third kappa shape index (κ3) is 2.28. The van der Waals surface area contributed by atoms with Crippen LogP contribution >= 0.6 is 22.9 Å². The van der Waals surface area contributed by atoms with Gasteiger partial charge in [-0.25, -0.2) is 9.37 Å². The van der Waals surface area contributed by atoms with E-state index < -0.39 is 5.82 Å². The van der Waals surface area contributed by atoms with Crippen LogP contribution in [0.3, 0.4) is 0 Å². The van der Waals surface area contributed by atoms with Crippen LogP contribution in [0.25, 0.3) is 10.6 Å². The lowest BCUT2D eigenvalue weighted by molar-refractivity contribution is 0.628. The monoisotopic (exact) mass is 282 g/mol. The second kappa shape index (κ2) is 4.96. The van der Waals surface area contributed by atoms with Gasteiger partial charge in [0.05, 0.1) is 16.8 Å². The molecular weight excluding hydrogens is 271 g/mol. The second-order valence-electron chi connectivity index (χ2n) is 4.36. The maximum Gasteiger partial charge on any atom is 0.141 e. The Bertz CT molecular complexity index is 564. The molecule has 94 valence electrons. The molecule has 0 radical (unpaired) electrons. The minimum atomic E-state index is -0.394. The molecule has 1 fully saturated rings. The highest BCUT2D eigenvalue weighted by molar-refractivity contribution is 7.13. The molecule has 0 aliphatic carbocycles. The lowest BCUT2D eigenvalue weighted by Crippen LogP contribution is -2.12. The number of nitrogens with one attached hydrogen (secondary N) is 1. The first kappa shape index (κ1) is 12.1. The summed E-state index contributed by atoms with van der Waals surface area (Å²) in [5, 5.41) is 6.51. The first-order valence-corrected chi connectivity index (χ1v) is 7.14. The average molecular weight is 283 g/mol. The number of aromatic nitrogens is 1. The number of halogens is 2. The summed E-state index contributed by atoms with van der Waals surface area (Å²) >= 11 is 7.36. The number of thiazole rings is 1. The van der Waals surface area contributed by atoms with Crippen molar-refractivity contribution in [2.24, 2.45) is 0 Å². The fourth-order valence-electron chi connectivity index (χ4n) is 2.14. The third-order valence-electron chi connectivity index (χ3n) is 3.11. The molecule has 0 saturated carbocycles. The number of rotatable bonds is 2. The highest BCUT2D eigenvalue weighted by Crippen LogP contribution is 2.31. The minimum absolute atomic E-state index is 0.142. The highest BCUT2D eigenvalue weighted by atomic mass is 35.5. The van der Waals surface area contributed by atoms with Gasteiger partial charge >= 0.3 is 0 Å². The summed E-state index contributed by atoms with van der Waals surface area (Å²) < 4.78 is 13.1. The number of nitrogens with zero attached hydrogens (tertiary/aromatic N) is 1. The smallest absolute Gasteiger partial charge is 0.141 e. The van der Waals surface area contributed by atoms with Gasteiger partial charge in [0, 0.05) is 10.9 Å². The van der Waals surface area contributed by atoms with Crippen LogP contribution in [-0.2, 0) is 0 Å². The van der Waals surface area contributed by atoms with Crippen LogP contribution in [-0.4, -0.2) is 11.5 Å². The van der Waals surface area contributed by atoms with E-state index in [-0.39, 0.29) is 5.02 Å². The Morgan fingerprint density at radius 1 is 1.44 bits per heavy atom. The molecule has 1 unspecified atom stereocenters. The van der Waals surface area contributed by atoms with Crippen molar-refractivity contribution in [1.82, 2.24) is 10.3 Å². The van der Waals surface area contributed by atoms with E-state index in [0.717, 1.165) is 29.2 Å². The number of hydrogen-bond donors (Lipinski definition) is 1. The molecule has 0 bridgehead atoms. The fraction of sp³-hybridized carbons (Fsp3) is 0.308. The Morgan fingerprint density at radius 3 is 3.06 bits per heavy atom. The lowest BCUT2D eigenvalue weighted by Gasteiger charge is -2.05. The maximum atomic E-state index is 13.1. The molecule has 1 N–H and O–H groups in total. The molecule has 18 heavy (non-hydrogen) atoms. The molecule has 1 aromatic carbocycles. The lowest BCUT2D eigenvalue weighted by atomic mass is 10.2. The fourth-order valence-corrected chi connectivity index (χ4v) is 3.20. The van der Waals surface area contributed by atoms with Gasteiger partial charge < -0.3 is 5.32 Å². The Balaban J connectivity index is 1.89. The molecule has 3 rings (SSSR count). The zero-order valence-electron chi connectivity index (χ0n) is 9.62. The van der Waals surface area contributed by atoms with E-state index in [2.05, 4.69) is 15.7 Å². The zero-order valence-corrected chi connectivity index (χ0v) is 11.2. The van der Waals surface area contributed by atoms with E-state index in [0.29, 0.717) is 6.04 Å². The van der Waals surface area contributed by atoms with Gasteiger partial charge in [-0.05, 0) is 37.6 Å². The van der Waals surface area contributed by atoms with Crippen LogP contribution in [0, 0.1) is 5.82 Å². The molecule has 1 aliphatic heterocycles. The Morgan fingerprint density at radius 2 is 2.33 bits per heavy atom. The SMILES string of the molecule is Fc1ccc(-c2nc(C3CCCN3)cs2)cc1Cl. The largest absolute Gasteiger partial charge is 0.309 e. The van der Waals surface area contributed by atoms with E-state index in [9.17, 15) is 4.39 Å². The zero-order chi connectivity index (χ0) is 12.5. The molecule has 5 heteroatoms. The van der Waals surface area contributed by atoms with Gasteiger partial charge in [0.1, 0.15) is 10.8 Å². The molecule has 2 nitrogen and oxygen atoms in total. The average Bonchev–Trinajstić information content (AvgIpc) is 3.01.